The molecule has 0 aromatic heterocycles. The number of carbonyl (C=O) groups is 1. The van der Waals surface area contributed by atoms with Gasteiger partial charge < -0.3 is 15.5 Å². The van der Waals surface area contributed by atoms with Crippen molar-refractivity contribution in [2.45, 2.75) is 12.3 Å². The topological polar surface area (TPSA) is 49.6 Å². The molecule has 0 bridgehead atoms. The van der Waals surface area contributed by atoms with Gasteiger partial charge in [-0.3, -0.25) is 4.79 Å². The first kappa shape index (κ1) is 17.0. The summed E-state index contributed by atoms with van der Waals surface area (Å²) in [4.78, 5) is 16.9. The lowest BCUT2D eigenvalue weighted by Gasteiger charge is -2.25. The van der Waals surface area contributed by atoms with E-state index in [1.54, 1.807) is 0 Å². The number of nitrogens with zero attached hydrogens (tertiary/aromatic N) is 2. The zero-order valence-electron chi connectivity index (χ0n) is 12.0. The second kappa shape index (κ2) is 8.25. The smallest absolute Gasteiger partial charge is 0.231 e. The molecule has 0 spiro atoms. The maximum atomic E-state index is 12.6. The number of likely N-dealkylation sites (N-methyl/N-ethyl adjacent to an activating group) is 1. The third kappa shape index (κ3) is 4.20. The predicted molar refractivity (Wildman–Crippen MR) is 84.2 cm³/mol. The van der Waals surface area contributed by atoms with E-state index in [0.29, 0.717) is 6.54 Å². The molecule has 4 nitrogen and oxygen atoms in total. The van der Waals surface area contributed by atoms with Gasteiger partial charge in [0.05, 0.1) is 5.92 Å². The summed E-state index contributed by atoms with van der Waals surface area (Å²) in [5.41, 5.74) is 6.84. The molecule has 1 aromatic rings. The highest BCUT2D eigenvalue weighted by Gasteiger charge is 2.25. The Balaban J connectivity index is 0.00000200. The van der Waals surface area contributed by atoms with E-state index >= 15 is 0 Å². The summed E-state index contributed by atoms with van der Waals surface area (Å²) in [6.45, 7) is 4.01. The summed E-state index contributed by atoms with van der Waals surface area (Å²) in [5.74, 6) is -0.0337. The van der Waals surface area contributed by atoms with Crippen LogP contribution in [0.5, 0.6) is 0 Å². The summed E-state index contributed by atoms with van der Waals surface area (Å²) in [5, 5.41) is 0. The van der Waals surface area contributed by atoms with Crippen LogP contribution in [0.15, 0.2) is 30.3 Å². The minimum Gasteiger partial charge on any atom is -0.341 e. The van der Waals surface area contributed by atoms with Crippen molar-refractivity contribution in [3.63, 3.8) is 0 Å². The molecule has 1 unspecified atom stereocenters. The normalized spacial score (nSPS) is 18.0. The van der Waals surface area contributed by atoms with Crippen LogP contribution in [0.1, 0.15) is 17.9 Å². The molecule has 1 aliphatic heterocycles. The molecule has 1 saturated heterocycles. The van der Waals surface area contributed by atoms with Gasteiger partial charge in [-0.05, 0) is 25.6 Å². The van der Waals surface area contributed by atoms with Gasteiger partial charge >= 0.3 is 0 Å². The van der Waals surface area contributed by atoms with E-state index in [4.69, 9.17) is 5.73 Å². The lowest BCUT2D eigenvalue weighted by atomic mass is 9.97. The van der Waals surface area contributed by atoms with Gasteiger partial charge in [0, 0.05) is 26.2 Å². The second-order valence-electron chi connectivity index (χ2n) is 5.18. The highest BCUT2D eigenvalue weighted by molar-refractivity contribution is 5.85. The average Bonchev–Trinajstić information content (AvgIpc) is 2.65. The maximum absolute atomic E-state index is 12.6. The van der Waals surface area contributed by atoms with Crippen LogP contribution in [-0.4, -0.2) is 55.5 Å². The number of rotatable bonds is 3. The van der Waals surface area contributed by atoms with Gasteiger partial charge in [-0.15, -0.1) is 12.4 Å². The fourth-order valence-corrected chi connectivity index (χ4v) is 2.55. The van der Waals surface area contributed by atoms with Crippen molar-refractivity contribution in [2.24, 2.45) is 5.73 Å². The number of halogens is 1. The third-order valence-corrected chi connectivity index (χ3v) is 3.77. The van der Waals surface area contributed by atoms with Gasteiger partial charge in [0.1, 0.15) is 0 Å². The summed E-state index contributed by atoms with van der Waals surface area (Å²) in [6, 6.07) is 9.85. The van der Waals surface area contributed by atoms with E-state index in [-0.39, 0.29) is 24.2 Å². The van der Waals surface area contributed by atoms with E-state index in [2.05, 4.69) is 11.9 Å². The Bertz CT molecular complexity index is 413. The van der Waals surface area contributed by atoms with Crippen LogP contribution in [0.4, 0.5) is 0 Å². The van der Waals surface area contributed by atoms with Crippen LogP contribution in [0.2, 0.25) is 0 Å². The van der Waals surface area contributed by atoms with Crippen LogP contribution in [0, 0.1) is 0 Å². The largest absolute Gasteiger partial charge is 0.341 e. The lowest BCUT2D eigenvalue weighted by molar-refractivity contribution is -0.132. The van der Waals surface area contributed by atoms with Crippen LogP contribution in [0.3, 0.4) is 0 Å². The van der Waals surface area contributed by atoms with Crippen molar-refractivity contribution in [3.8, 4) is 0 Å². The van der Waals surface area contributed by atoms with E-state index in [1.807, 2.05) is 35.2 Å². The van der Waals surface area contributed by atoms with Crippen LogP contribution in [-0.2, 0) is 4.79 Å². The van der Waals surface area contributed by atoms with Crippen molar-refractivity contribution >= 4 is 18.3 Å². The first-order valence-electron chi connectivity index (χ1n) is 6.94. The molecule has 0 saturated carbocycles. The maximum Gasteiger partial charge on any atom is 0.231 e. The highest BCUT2D eigenvalue weighted by Crippen LogP contribution is 2.18. The number of nitrogens with two attached hydrogens (primary N) is 1. The van der Waals surface area contributed by atoms with E-state index in [9.17, 15) is 4.79 Å². The molecule has 1 aliphatic rings. The van der Waals surface area contributed by atoms with Crippen molar-refractivity contribution in [1.82, 2.24) is 9.80 Å². The van der Waals surface area contributed by atoms with Gasteiger partial charge in [0.25, 0.3) is 0 Å². The Morgan fingerprint density at radius 1 is 1.20 bits per heavy atom. The van der Waals surface area contributed by atoms with E-state index in [0.717, 1.165) is 38.2 Å². The lowest BCUT2D eigenvalue weighted by Crippen LogP contribution is -2.40. The Morgan fingerprint density at radius 2 is 1.90 bits per heavy atom. The Labute approximate surface area is 127 Å². The molecule has 1 heterocycles. The molecule has 0 radical (unpaired) electrons. The van der Waals surface area contributed by atoms with Crippen LogP contribution in [0.25, 0.3) is 0 Å². The minimum absolute atomic E-state index is 0. The summed E-state index contributed by atoms with van der Waals surface area (Å²) >= 11 is 0. The quantitative estimate of drug-likeness (QED) is 0.915. The van der Waals surface area contributed by atoms with Crippen molar-refractivity contribution < 1.29 is 4.79 Å². The van der Waals surface area contributed by atoms with E-state index < -0.39 is 0 Å². The fraction of sp³-hybridized carbons (Fsp3) is 0.533. The number of amides is 1. The van der Waals surface area contributed by atoms with Gasteiger partial charge in [0.2, 0.25) is 5.91 Å². The average molecular weight is 298 g/mol. The minimum atomic E-state index is -0.204. The SMILES string of the molecule is CN1CCCN(C(=O)C(CN)c2ccccc2)CC1.Cl. The first-order valence-corrected chi connectivity index (χ1v) is 6.94. The first-order chi connectivity index (χ1) is 9.22. The molecule has 5 heteroatoms. The molecule has 1 atom stereocenters. The zero-order chi connectivity index (χ0) is 13.7. The third-order valence-electron chi connectivity index (χ3n) is 3.77. The standard InChI is InChI=1S/C15H23N3O.ClH/c1-17-8-5-9-18(11-10-17)15(19)14(12-16)13-6-3-2-4-7-13;/h2-4,6-7,14H,5,8-12,16H2,1H3;1H. The molecule has 1 aromatic carbocycles. The van der Waals surface area contributed by atoms with Crippen molar-refractivity contribution in [3.05, 3.63) is 35.9 Å². The predicted octanol–water partition coefficient (Wildman–Crippen LogP) is 1.31. The molecule has 0 aliphatic carbocycles. The van der Waals surface area contributed by atoms with Gasteiger partial charge in [-0.1, -0.05) is 30.3 Å². The highest BCUT2D eigenvalue weighted by atomic mass is 35.5. The number of benzene rings is 1. The molecule has 1 amide bonds. The molecule has 2 rings (SSSR count). The molecular formula is C15H24ClN3O. The molecule has 2 N–H and O–H groups in total. The van der Waals surface area contributed by atoms with Crippen molar-refractivity contribution in [2.75, 3.05) is 39.8 Å². The Kier molecular flexibility index (Phi) is 6.99. The Hall–Kier alpha value is -1.10. The fourth-order valence-electron chi connectivity index (χ4n) is 2.55. The molecule has 112 valence electrons. The van der Waals surface area contributed by atoms with Gasteiger partial charge in [0.15, 0.2) is 0 Å². The molecule has 1 fully saturated rings. The number of hydrogen-bond acceptors (Lipinski definition) is 3. The van der Waals surface area contributed by atoms with Crippen molar-refractivity contribution in [1.29, 1.82) is 0 Å². The number of carbonyl (C=O) groups excluding carboxylic acids is 1. The molecular weight excluding hydrogens is 274 g/mol. The monoisotopic (exact) mass is 297 g/mol. The number of hydrogen-bond donors (Lipinski definition) is 1. The second-order valence-corrected chi connectivity index (χ2v) is 5.18. The van der Waals surface area contributed by atoms with Gasteiger partial charge in [-0.25, -0.2) is 0 Å². The summed E-state index contributed by atoms with van der Waals surface area (Å²) in [7, 11) is 2.10. The van der Waals surface area contributed by atoms with Crippen LogP contribution >= 0.6 is 12.4 Å². The summed E-state index contributed by atoms with van der Waals surface area (Å²) < 4.78 is 0. The van der Waals surface area contributed by atoms with Gasteiger partial charge in [-0.2, -0.15) is 0 Å². The molecule has 20 heavy (non-hydrogen) atoms. The Morgan fingerprint density at radius 3 is 2.55 bits per heavy atom. The van der Waals surface area contributed by atoms with Crippen LogP contribution < -0.4 is 5.73 Å². The summed E-state index contributed by atoms with van der Waals surface area (Å²) in [6.07, 6.45) is 1.04. The van der Waals surface area contributed by atoms with E-state index in [1.165, 1.54) is 0 Å². The zero-order valence-corrected chi connectivity index (χ0v) is 12.8.